The van der Waals surface area contributed by atoms with Crippen molar-refractivity contribution in [2.75, 3.05) is 11.6 Å². The highest BCUT2D eigenvalue weighted by atomic mass is 79.9. The summed E-state index contributed by atoms with van der Waals surface area (Å²) in [6, 6.07) is 13.5. The van der Waals surface area contributed by atoms with Gasteiger partial charge in [-0.2, -0.15) is 0 Å². The fourth-order valence-corrected chi connectivity index (χ4v) is 3.33. The summed E-state index contributed by atoms with van der Waals surface area (Å²) < 4.78 is 15.1. The van der Waals surface area contributed by atoms with Crippen LogP contribution < -0.4 is 11.2 Å². The molecule has 0 saturated heterocycles. The van der Waals surface area contributed by atoms with Gasteiger partial charge in [-0.3, -0.25) is 4.79 Å². The van der Waals surface area contributed by atoms with E-state index in [4.69, 9.17) is 5.84 Å². The SMILES string of the molecule is Nn1c(SCC(=O)NCc2ccc(F)cc2)nnc1-c1ccccc1Br. The van der Waals surface area contributed by atoms with Gasteiger partial charge in [-0.25, -0.2) is 9.07 Å². The molecule has 1 amide bonds. The molecule has 9 heteroatoms. The van der Waals surface area contributed by atoms with E-state index in [9.17, 15) is 9.18 Å². The van der Waals surface area contributed by atoms with Gasteiger partial charge in [-0.1, -0.05) is 52.0 Å². The van der Waals surface area contributed by atoms with Crippen molar-refractivity contribution in [2.45, 2.75) is 11.7 Å². The Labute approximate surface area is 162 Å². The van der Waals surface area contributed by atoms with Gasteiger partial charge in [-0.15, -0.1) is 10.2 Å². The number of hydrogen-bond donors (Lipinski definition) is 2. The molecule has 1 aromatic heterocycles. The molecule has 0 aliphatic rings. The summed E-state index contributed by atoms with van der Waals surface area (Å²) in [6.07, 6.45) is 0. The van der Waals surface area contributed by atoms with Gasteiger partial charge in [0.05, 0.1) is 5.75 Å². The van der Waals surface area contributed by atoms with Crippen molar-refractivity contribution < 1.29 is 9.18 Å². The topological polar surface area (TPSA) is 85.8 Å². The molecule has 1 heterocycles. The largest absolute Gasteiger partial charge is 0.351 e. The first kappa shape index (κ1) is 18.4. The standard InChI is InChI=1S/C17H15BrFN5OS/c18-14-4-2-1-3-13(14)16-22-23-17(24(16)20)26-10-15(25)21-9-11-5-7-12(19)8-6-11/h1-8H,9-10,20H2,(H,21,25). The van der Waals surface area contributed by atoms with Crippen molar-refractivity contribution in [2.24, 2.45) is 0 Å². The average Bonchev–Trinajstić information content (AvgIpc) is 3.00. The van der Waals surface area contributed by atoms with Crippen LogP contribution in [0.4, 0.5) is 4.39 Å². The van der Waals surface area contributed by atoms with Gasteiger partial charge in [0.1, 0.15) is 5.82 Å². The first-order chi connectivity index (χ1) is 12.5. The maximum atomic E-state index is 12.9. The number of thioether (sulfide) groups is 1. The van der Waals surface area contributed by atoms with Gasteiger partial charge in [-0.05, 0) is 29.8 Å². The fraction of sp³-hybridized carbons (Fsp3) is 0.118. The molecule has 0 aliphatic carbocycles. The van der Waals surface area contributed by atoms with Gasteiger partial charge in [0, 0.05) is 16.6 Å². The van der Waals surface area contributed by atoms with Crippen LogP contribution in [-0.4, -0.2) is 26.5 Å². The number of carbonyl (C=O) groups excluding carboxylic acids is 1. The lowest BCUT2D eigenvalue weighted by molar-refractivity contribution is -0.118. The first-order valence-electron chi connectivity index (χ1n) is 7.64. The van der Waals surface area contributed by atoms with E-state index in [0.29, 0.717) is 17.5 Å². The third kappa shape index (κ3) is 4.41. The molecule has 26 heavy (non-hydrogen) atoms. The Kier molecular flexibility index (Phi) is 5.89. The lowest BCUT2D eigenvalue weighted by Crippen LogP contribution is -2.25. The molecule has 134 valence electrons. The highest BCUT2D eigenvalue weighted by molar-refractivity contribution is 9.10. The van der Waals surface area contributed by atoms with Gasteiger partial charge >= 0.3 is 0 Å². The summed E-state index contributed by atoms with van der Waals surface area (Å²) in [5.74, 6) is 6.22. The predicted molar refractivity (Wildman–Crippen MR) is 102 cm³/mol. The van der Waals surface area contributed by atoms with Crippen molar-refractivity contribution in [3.63, 3.8) is 0 Å². The number of amides is 1. The lowest BCUT2D eigenvalue weighted by atomic mass is 10.2. The van der Waals surface area contributed by atoms with Crippen LogP contribution in [0.3, 0.4) is 0 Å². The fourth-order valence-electron chi connectivity index (χ4n) is 2.19. The minimum atomic E-state index is -0.307. The van der Waals surface area contributed by atoms with Gasteiger partial charge in [0.15, 0.2) is 5.82 Å². The number of nitrogen functional groups attached to an aromatic ring is 1. The van der Waals surface area contributed by atoms with Crippen molar-refractivity contribution >= 4 is 33.6 Å². The Morgan fingerprint density at radius 3 is 2.65 bits per heavy atom. The monoisotopic (exact) mass is 435 g/mol. The first-order valence-corrected chi connectivity index (χ1v) is 9.42. The summed E-state index contributed by atoms with van der Waals surface area (Å²) in [4.78, 5) is 12.0. The summed E-state index contributed by atoms with van der Waals surface area (Å²) in [6.45, 7) is 0.331. The van der Waals surface area contributed by atoms with E-state index >= 15 is 0 Å². The van der Waals surface area contributed by atoms with Crippen LogP contribution in [0, 0.1) is 5.82 Å². The molecule has 0 aliphatic heterocycles. The Balaban J connectivity index is 1.57. The zero-order chi connectivity index (χ0) is 18.5. The van der Waals surface area contributed by atoms with E-state index in [2.05, 4.69) is 31.4 Å². The van der Waals surface area contributed by atoms with Crippen LogP contribution >= 0.6 is 27.7 Å². The quantitative estimate of drug-likeness (QED) is 0.459. The molecule has 3 aromatic rings. The number of rotatable bonds is 6. The van der Waals surface area contributed by atoms with E-state index in [0.717, 1.165) is 15.6 Å². The maximum Gasteiger partial charge on any atom is 0.230 e. The van der Waals surface area contributed by atoms with Gasteiger partial charge < -0.3 is 11.2 Å². The molecule has 0 radical (unpaired) electrons. The average molecular weight is 436 g/mol. The molecule has 0 spiro atoms. The van der Waals surface area contributed by atoms with Crippen molar-refractivity contribution in [1.82, 2.24) is 20.2 Å². The number of hydrogen-bond acceptors (Lipinski definition) is 5. The third-order valence-corrected chi connectivity index (χ3v) is 5.15. The van der Waals surface area contributed by atoms with Crippen LogP contribution in [0.15, 0.2) is 58.2 Å². The highest BCUT2D eigenvalue weighted by Gasteiger charge is 2.15. The summed E-state index contributed by atoms with van der Waals surface area (Å²) in [7, 11) is 0. The number of halogens is 2. The van der Waals surface area contributed by atoms with E-state index in [1.807, 2.05) is 24.3 Å². The van der Waals surface area contributed by atoms with Crippen LogP contribution in [0.5, 0.6) is 0 Å². The van der Waals surface area contributed by atoms with Gasteiger partial charge in [0.25, 0.3) is 0 Å². The molecule has 3 N–H and O–H groups in total. The smallest absolute Gasteiger partial charge is 0.230 e. The molecule has 6 nitrogen and oxygen atoms in total. The van der Waals surface area contributed by atoms with Crippen LogP contribution in [-0.2, 0) is 11.3 Å². The number of carbonyl (C=O) groups is 1. The molecular weight excluding hydrogens is 421 g/mol. The normalized spacial score (nSPS) is 10.7. The molecule has 0 atom stereocenters. The Morgan fingerprint density at radius 1 is 1.19 bits per heavy atom. The zero-order valence-corrected chi connectivity index (χ0v) is 15.9. The molecular formula is C17H15BrFN5OS. The number of nitrogens with one attached hydrogen (secondary N) is 1. The second kappa shape index (κ2) is 8.33. The molecule has 0 unspecified atom stereocenters. The Bertz CT molecular complexity index is 916. The minimum Gasteiger partial charge on any atom is -0.351 e. The highest BCUT2D eigenvalue weighted by Crippen LogP contribution is 2.27. The van der Waals surface area contributed by atoms with Crippen molar-refractivity contribution in [3.8, 4) is 11.4 Å². The van der Waals surface area contributed by atoms with E-state index in [-0.39, 0.29) is 17.5 Å². The van der Waals surface area contributed by atoms with Crippen molar-refractivity contribution in [1.29, 1.82) is 0 Å². The van der Waals surface area contributed by atoms with E-state index in [1.54, 1.807) is 12.1 Å². The second-order valence-corrected chi connectivity index (χ2v) is 7.14. The summed E-state index contributed by atoms with van der Waals surface area (Å²) in [5.41, 5.74) is 1.64. The maximum absolute atomic E-state index is 12.9. The van der Waals surface area contributed by atoms with Crippen LogP contribution in [0.2, 0.25) is 0 Å². The number of nitrogens with zero attached hydrogens (tertiary/aromatic N) is 3. The molecule has 0 saturated carbocycles. The molecule has 3 rings (SSSR count). The van der Waals surface area contributed by atoms with E-state index < -0.39 is 0 Å². The lowest BCUT2D eigenvalue weighted by Gasteiger charge is -2.06. The Hall–Kier alpha value is -2.39. The van der Waals surface area contributed by atoms with Gasteiger partial charge in [0.2, 0.25) is 11.1 Å². The Morgan fingerprint density at radius 2 is 1.92 bits per heavy atom. The predicted octanol–water partition coefficient (Wildman–Crippen LogP) is 2.97. The number of aromatic nitrogens is 3. The second-order valence-electron chi connectivity index (χ2n) is 5.35. The van der Waals surface area contributed by atoms with Crippen molar-refractivity contribution in [3.05, 3.63) is 64.4 Å². The molecule has 0 fully saturated rings. The molecule has 0 bridgehead atoms. The third-order valence-electron chi connectivity index (χ3n) is 3.51. The summed E-state index contributed by atoms with van der Waals surface area (Å²) >= 11 is 4.65. The zero-order valence-electron chi connectivity index (χ0n) is 13.5. The molecule has 2 aromatic carbocycles. The van der Waals surface area contributed by atoms with Crippen LogP contribution in [0.1, 0.15) is 5.56 Å². The number of nitrogens with two attached hydrogens (primary N) is 1. The summed E-state index contributed by atoms with van der Waals surface area (Å²) in [5, 5.41) is 11.3. The minimum absolute atomic E-state index is 0.145. The number of benzene rings is 2. The van der Waals surface area contributed by atoms with E-state index in [1.165, 1.54) is 28.6 Å². The van der Waals surface area contributed by atoms with Crippen LogP contribution in [0.25, 0.3) is 11.4 Å².